The Balaban J connectivity index is 2.97. The summed E-state index contributed by atoms with van der Waals surface area (Å²) in [6.45, 7) is 8.65. The van der Waals surface area contributed by atoms with E-state index < -0.39 is 0 Å². The van der Waals surface area contributed by atoms with Crippen LogP contribution in [0.2, 0.25) is 0 Å². The SMILES string of the molecule is CCCCNC(C)NCC. The molecule has 0 spiro atoms. The van der Waals surface area contributed by atoms with Crippen LogP contribution >= 0.6 is 0 Å². The van der Waals surface area contributed by atoms with Gasteiger partial charge in [0.15, 0.2) is 0 Å². The number of rotatable bonds is 6. The first-order valence-corrected chi connectivity index (χ1v) is 4.28. The largest absolute Gasteiger partial charge is 0.302 e. The smallest absolute Gasteiger partial charge is 0.0542 e. The number of nitrogens with one attached hydrogen (secondary N) is 2. The molecule has 0 rings (SSSR count). The fraction of sp³-hybridized carbons (Fsp3) is 1.00. The highest BCUT2D eigenvalue weighted by Gasteiger charge is 1.94. The average Bonchev–Trinajstić information content (AvgIpc) is 1.89. The van der Waals surface area contributed by atoms with Gasteiger partial charge in [0.1, 0.15) is 0 Å². The Hall–Kier alpha value is -0.0800. The zero-order valence-electron chi connectivity index (χ0n) is 7.41. The second-order valence-corrected chi connectivity index (χ2v) is 2.59. The Bertz CT molecular complexity index is 64.3. The van der Waals surface area contributed by atoms with Crippen molar-refractivity contribution >= 4 is 0 Å². The Labute approximate surface area is 64.4 Å². The topological polar surface area (TPSA) is 24.1 Å². The Morgan fingerprint density at radius 3 is 2.40 bits per heavy atom. The lowest BCUT2D eigenvalue weighted by Gasteiger charge is -2.13. The lowest BCUT2D eigenvalue weighted by atomic mass is 10.3. The van der Waals surface area contributed by atoms with Crippen molar-refractivity contribution in [3.8, 4) is 0 Å². The molecule has 0 fully saturated rings. The summed E-state index contributed by atoms with van der Waals surface area (Å²) < 4.78 is 0. The van der Waals surface area contributed by atoms with Crippen LogP contribution in [0.15, 0.2) is 0 Å². The highest BCUT2D eigenvalue weighted by Crippen LogP contribution is 1.83. The third kappa shape index (κ3) is 6.05. The number of hydrogen-bond acceptors (Lipinski definition) is 2. The Morgan fingerprint density at radius 2 is 1.90 bits per heavy atom. The van der Waals surface area contributed by atoms with Crippen LogP contribution in [0, 0.1) is 0 Å². The quantitative estimate of drug-likeness (QED) is 0.434. The van der Waals surface area contributed by atoms with Crippen LogP contribution in [-0.2, 0) is 0 Å². The van der Waals surface area contributed by atoms with Gasteiger partial charge in [-0.3, -0.25) is 0 Å². The summed E-state index contributed by atoms with van der Waals surface area (Å²) in [5.74, 6) is 0. The van der Waals surface area contributed by atoms with Gasteiger partial charge in [-0.1, -0.05) is 20.3 Å². The molecule has 1 unspecified atom stereocenters. The molecule has 0 amide bonds. The van der Waals surface area contributed by atoms with Crippen molar-refractivity contribution in [3.63, 3.8) is 0 Å². The van der Waals surface area contributed by atoms with Crippen molar-refractivity contribution in [2.75, 3.05) is 13.1 Å². The van der Waals surface area contributed by atoms with Gasteiger partial charge in [0.25, 0.3) is 0 Å². The van der Waals surface area contributed by atoms with E-state index in [-0.39, 0.29) is 0 Å². The van der Waals surface area contributed by atoms with Gasteiger partial charge in [0, 0.05) is 0 Å². The van der Waals surface area contributed by atoms with Gasteiger partial charge in [-0.15, -0.1) is 0 Å². The molecule has 62 valence electrons. The first-order chi connectivity index (χ1) is 4.81. The molecular formula is C8H20N2. The fourth-order valence-electron chi connectivity index (χ4n) is 0.874. The minimum absolute atomic E-state index is 0.469. The van der Waals surface area contributed by atoms with Crippen LogP contribution < -0.4 is 10.6 Å². The van der Waals surface area contributed by atoms with Crippen LogP contribution in [0.25, 0.3) is 0 Å². The maximum Gasteiger partial charge on any atom is 0.0542 e. The second kappa shape index (κ2) is 7.03. The maximum atomic E-state index is 3.37. The van der Waals surface area contributed by atoms with Crippen LogP contribution in [-0.4, -0.2) is 19.3 Å². The van der Waals surface area contributed by atoms with Crippen LogP contribution in [0.1, 0.15) is 33.6 Å². The molecule has 0 bridgehead atoms. The average molecular weight is 144 g/mol. The van der Waals surface area contributed by atoms with E-state index in [0.29, 0.717) is 6.17 Å². The fourth-order valence-corrected chi connectivity index (χ4v) is 0.874. The van der Waals surface area contributed by atoms with E-state index in [9.17, 15) is 0 Å². The molecule has 0 saturated carbocycles. The van der Waals surface area contributed by atoms with Crippen molar-refractivity contribution in [2.45, 2.75) is 39.8 Å². The summed E-state index contributed by atoms with van der Waals surface area (Å²) in [6, 6.07) is 0. The second-order valence-electron chi connectivity index (χ2n) is 2.59. The van der Waals surface area contributed by atoms with Gasteiger partial charge in [-0.05, 0) is 26.4 Å². The molecule has 0 aliphatic carbocycles. The third-order valence-electron chi connectivity index (χ3n) is 1.49. The van der Waals surface area contributed by atoms with Crippen LogP contribution in [0.4, 0.5) is 0 Å². The summed E-state index contributed by atoms with van der Waals surface area (Å²) in [5.41, 5.74) is 0. The number of hydrogen-bond donors (Lipinski definition) is 2. The van der Waals surface area contributed by atoms with E-state index in [4.69, 9.17) is 0 Å². The molecule has 0 aromatic heterocycles. The minimum Gasteiger partial charge on any atom is -0.302 e. The molecule has 0 heterocycles. The normalized spacial score (nSPS) is 13.5. The minimum atomic E-state index is 0.469. The van der Waals surface area contributed by atoms with Gasteiger partial charge >= 0.3 is 0 Å². The predicted molar refractivity (Wildman–Crippen MR) is 46.0 cm³/mol. The van der Waals surface area contributed by atoms with Crippen LogP contribution in [0.3, 0.4) is 0 Å². The van der Waals surface area contributed by atoms with Crippen LogP contribution in [0.5, 0.6) is 0 Å². The molecule has 0 saturated heterocycles. The Kier molecular flexibility index (Phi) is 6.98. The van der Waals surface area contributed by atoms with Gasteiger partial charge in [0.05, 0.1) is 6.17 Å². The van der Waals surface area contributed by atoms with E-state index in [1.807, 2.05) is 0 Å². The standard InChI is InChI=1S/C8H20N2/c1-4-6-7-10-8(3)9-5-2/h8-10H,4-7H2,1-3H3. The summed E-state index contributed by atoms with van der Waals surface area (Å²) in [5, 5.41) is 6.67. The lowest BCUT2D eigenvalue weighted by Crippen LogP contribution is -2.39. The van der Waals surface area contributed by atoms with Crippen molar-refractivity contribution in [3.05, 3.63) is 0 Å². The van der Waals surface area contributed by atoms with Crippen molar-refractivity contribution in [2.24, 2.45) is 0 Å². The monoisotopic (exact) mass is 144 g/mol. The zero-order valence-corrected chi connectivity index (χ0v) is 7.41. The molecule has 0 aliphatic rings. The van der Waals surface area contributed by atoms with Crippen molar-refractivity contribution in [1.82, 2.24) is 10.6 Å². The van der Waals surface area contributed by atoms with E-state index in [2.05, 4.69) is 31.4 Å². The van der Waals surface area contributed by atoms with E-state index in [1.165, 1.54) is 12.8 Å². The summed E-state index contributed by atoms with van der Waals surface area (Å²) in [6.07, 6.45) is 3.01. The molecular weight excluding hydrogens is 124 g/mol. The number of unbranched alkanes of at least 4 members (excludes halogenated alkanes) is 1. The zero-order chi connectivity index (χ0) is 7.82. The summed E-state index contributed by atoms with van der Waals surface area (Å²) in [4.78, 5) is 0. The predicted octanol–water partition coefficient (Wildman–Crippen LogP) is 1.33. The molecule has 2 nitrogen and oxygen atoms in total. The summed E-state index contributed by atoms with van der Waals surface area (Å²) in [7, 11) is 0. The molecule has 0 radical (unpaired) electrons. The molecule has 0 aromatic rings. The third-order valence-corrected chi connectivity index (χ3v) is 1.49. The first-order valence-electron chi connectivity index (χ1n) is 4.28. The first kappa shape index (κ1) is 9.92. The molecule has 0 aliphatic heterocycles. The maximum absolute atomic E-state index is 3.37. The van der Waals surface area contributed by atoms with E-state index >= 15 is 0 Å². The Morgan fingerprint density at radius 1 is 1.20 bits per heavy atom. The van der Waals surface area contributed by atoms with E-state index in [0.717, 1.165) is 13.1 Å². The summed E-state index contributed by atoms with van der Waals surface area (Å²) >= 11 is 0. The van der Waals surface area contributed by atoms with Gasteiger partial charge in [-0.2, -0.15) is 0 Å². The highest BCUT2D eigenvalue weighted by atomic mass is 15.1. The molecule has 0 aromatic carbocycles. The molecule has 2 N–H and O–H groups in total. The van der Waals surface area contributed by atoms with Crippen molar-refractivity contribution in [1.29, 1.82) is 0 Å². The molecule has 10 heavy (non-hydrogen) atoms. The highest BCUT2D eigenvalue weighted by molar-refractivity contribution is 4.55. The van der Waals surface area contributed by atoms with Gasteiger partial charge in [-0.25, -0.2) is 0 Å². The van der Waals surface area contributed by atoms with Crippen molar-refractivity contribution < 1.29 is 0 Å². The van der Waals surface area contributed by atoms with Gasteiger partial charge < -0.3 is 10.6 Å². The molecule has 1 atom stereocenters. The van der Waals surface area contributed by atoms with Gasteiger partial charge in [0.2, 0.25) is 0 Å². The lowest BCUT2D eigenvalue weighted by molar-refractivity contribution is 0.459. The molecule has 2 heteroatoms. The van der Waals surface area contributed by atoms with E-state index in [1.54, 1.807) is 0 Å².